The van der Waals surface area contributed by atoms with E-state index in [9.17, 15) is 4.79 Å². The quantitative estimate of drug-likeness (QED) is 0.680. The summed E-state index contributed by atoms with van der Waals surface area (Å²) in [6, 6.07) is 0.508. The average Bonchev–Trinajstić information content (AvgIpc) is 2.36. The normalized spacial score (nSPS) is 19.0. The first-order chi connectivity index (χ1) is 8.20. The standard InChI is InChI=1S/C14H26BrNO/c1-3-7-12(2)14(17)16(11-10-15)13-8-5-4-6-9-13/h12-13H,3-11H2,1-2H3. The third-order valence-electron chi connectivity index (χ3n) is 3.77. The first-order valence-electron chi connectivity index (χ1n) is 7.07. The Hall–Kier alpha value is -0.0500. The van der Waals surface area contributed by atoms with Crippen molar-refractivity contribution in [2.45, 2.75) is 64.8 Å². The summed E-state index contributed by atoms with van der Waals surface area (Å²) >= 11 is 3.48. The van der Waals surface area contributed by atoms with Gasteiger partial charge in [-0.3, -0.25) is 4.79 Å². The molecule has 0 heterocycles. The Morgan fingerprint density at radius 2 is 2.00 bits per heavy atom. The van der Waals surface area contributed by atoms with Gasteiger partial charge in [-0.2, -0.15) is 0 Å². The first kappa shape index (κ1) is 15.0. The van der Waals surface area contributed by atoms with E-state index in [2.05, 4.69) is 34.7 Å². The lowest BCUT2D eigenvalue weighted by molar-refractivity contribution is -0.138. The Morgan fingerprint density at radius 3 is 2.53 bits per heavy atom. The SMILES string of the molecule is CCCC(C)C(=O)N(CCBr)C1CCCCC1. The van der Waals surface area contributed by atoms with Gasteiger partial charge in [-0.1, -0.05) is 55.5 Å². The zero-order chi connectivity index (χ0) is 12.7. The number of carbonyl (C=O) groups excluding carboxylic acids is 1. The molecule has 0 saturated heterocycles. The predicted octanol–water partition coefficient (Wildman–Crippen LogP) is 3.98. The van der Waals surface area contributed by atoms with Gasteiger partial charge in [-0.25, -0.2) is 0 Å². The highest BCUT2D eigenvalue weighted by Crippen LogP contribution is 2.24. The maximum absolute atomic E-state index is 12.4. The van der Waals surface area contributed by atoms with Crippen molar-refractivity contribution in [2.24, 2.45) is 5.92 Å². The predicted molar refractivity (Wildman–Crippen MR) is 76.5 cm³/mol. The molecule has 0 aromatic heterocycles. The molecular weight excluding hydrogens is 278 g/mol. The summed E-state index contributed by atoms with van der Waals surface area (Å²) in [5.74, 6) is 0.569. The number of hydrogen-bond acceptors (Lipinski definition) is 1. The van der Waals surface area contributed by atoms with E-state index in [1.54, 1.807) is 0 Å². The van der Waals surface area contributed by atoms with Crippen LogP contribution in [0.15, 0.2) is 0 Å². The molecule has 17 heavy (non-hydrogen) atoms. The molecule has 1 aliphatic rings. The van der Waals surface area contributed by atoms with Gasteiger partial charge in [0.25, 0.3) is 0 Å². The minimum absolute atomic E-state index is 0.195. The second-order valence-corrected chi connectivity index (χ2v) is 6.00. The van der Waals surface area contributed by atoms with Crippen molar-refractivity contribution in [3.05, 3.63) is 0 Å². The molecule has 1 saturated carbocycles. The largest absolute Gasteiger partial charge is 0.339 e. The smallest absolute Gasteiger partial charge is 0.225 e. The lowest BCUT2D eigenvalue weighted by Crippen LogP contribution is -2.45. The summed E-state index contributed by atoms with van der Waals surface area (Å²) in [6.45, 7) is 5.10. The molecule has 0 radical (unpaired) electrons. The second kappa shape index (κ2) is 8.12. The van der Waals surface area contributed by atoms with Crippen molar-refractivity contribution in [1.29, 1.82) is 0 Å². The fourth-order valence-electron chi connectivity index (χ4n) is 2.80. The lowest BCUT2D eigenvalue weighted by atomic mass is 9.93. The number of rotatable bonds is 6. The van der Waals surface area contributed by atoms with Crippen LogP contribution < -0.4 is 0 Å². The Morgan fingerprint density at radius 1 is 1.35 bits per heavy atom. The van der Waals surface area contributed by atoms with E-state index in [1.165, 1.54) is 32.1 Å². The molecule has 3 heteroatoms. The Bertz CT molecular complexity index is 226. The molecule has 1 fully saturated rings. The molecule has 1 rings (SSSR count). The van der Waals surface area contributed by atoms with Gasteiger partial charge in [-0.15, -0.1) is 0 Å². The third kappa shape index (κ3) is 4.61. The second-order valence-electron chi connectivity index (χ2n) is 5.20. The number of carbonyl (C=O) groups is 1. The van der Waals surface area contributed by atoms with Gasteiger partial charge in [0.2, 0.25) is 5.91 Å². The number of alkyl halides is 1. The third-order valence-corrected chi connectivity index (χ3v) is 4.12. The minimum Gasteiger partial charge on any atom is -0.339 e. The van der Waals surface area contributed by atoms with Crippen molar-refractivity contribution in [3.63, 3.8) is 0 Å². The molecule has 0 aromatic rings. The van der Waals surface area contributed by atoms with Gasteiger partial charge in [0.1, 0.15) is 0 Å². The number of nitrogens with zero attached hydrogens (tertiary/aromatic N) is 1. The van der Waals surface area contributed by atoms with E-state index in [0.29, 0.717) is 11.9 Å². The molecule has 1 aliphatic carbocycles. The fraction of sp³-hybridized carbons (Fsp3) is 0.929. The molecule has 1 unspecified atom stereocenters. The van der Waals surface area contributed by atoms with E-state index >= 15 is 0 Å². The molecule has 100 valence electrons. The van der Waals surface area contributed by atoms with E-state index in [0.717, 1.165) is 24.7 Å². The maximum atomic E-state index is 12.4. The number of halogens is 1. The molecular formula is C14H26BrNO. The van der Waals surface area contributed by atoms with Crippen LogP contribution in [-0.4, -0.2) is 28.7 Å². The molecule has 0 N–H and O–H groups in total. The van der Waals surface area contributed by atoms with Crippen LogP contribution in [0.2, 0.25) is 0 Å². The summed E-state index contributed by atoms with van der Waals surface area (Å²) in [5.41, 5.74) is 0. The molecule has 0 aliphatic heterocycles. The van der Waals surface area contributed by atoms with Gasteiger partial charge < -0.3 is 4.90 Å². The molecule has 0 spiro atoms. The van der Waals surface area contributed by atoms with Crippen molar-refractivity contribution >= 4 is 21.8 Å². The van der Waals surface area contributed by atoms with Crippen molar-refractivity contribution < 1.29 is 4.79 Å². The lowest BCUT2D eigenvalue weighted by Gasteiger charge is -2.35. The van der Waals surface area contributed by atoms with Crippen LogP contribution in [-0.2, 0) is 4.79 Å². The molecule has 2 nitrogen and oxygen atoms in total. The topological polar surface area (TPSA) is 20.3 Å². The highest BCUT2D eigenvalue weighted by atomic mass is 79.9. The number of hydrogen-bond donors (Lipinski definition) is 0. The molecule has 0 bridgehead atoms. The zero-order valence-corrected chi connectivity index (χ0v) is 12.8. The van der Waals surface area contributed by atoms with Gasteiger partial charge >= 0.3 is 0 Å². The molecule has 1 atom stereocenters. The summed E-state index contributed by atoms with van der Waals surface area (Å²) in [6.07, 6.45) is 8.45. The summed E-state index contributed by atoms with van der Waals surface area (Å²) in [5, 5.41) is 0.897. The van der Waals surface area contributed by atoms with Crippen LogP contribution in [0.1, 0.15) is 58.8 Å². The Kier molecular flexibility index (Phi) is 7.17. The average molecular weight is 304 g/mol. The van der Waals surface area contributed by atoms with Crippen molar-refractivity contribution in [1.82, 2.24) is 4.90 Å². The minimum atomic E-state index is 0.195. The van der Waals surface area contributed by atoms with Gasteiger partial charge in [0.05, 0.1) is 0 Å². The molecule has 0 aromatic carbocycles. The van der Waals surface area contributed by atoms with E-state index in [-0.39, 0.29) is 5.92 Å². The number of amides is 1. The zero-order valence-electron chi connectivity index (χ0n) is 11.3. The van der Waals surface area contributed by atoms with Crippen LogP contribution in [0.3, 0.4) is 0 Å². The maximum Gasteiger partial charge on any atom is 0.225 e. The Balaban J connectivity index is 2.59. The fourth-order valence-corrected chi connectivity index (χ4v) is 3.18. The van der Waals surface area contributed by atoms with Crippen molar-refractivity contribution in [2.75, 3.05) is 11.9 Å². The highest BCUT2D eigenvalue weighted by Gasteiger charge is 2.27. The van der Waals surface area contributed by atoms with Gasteiger partial charge in [0, 0.05) is 23.8 Å². The van der Waals surface area contributed by atoms with Crippen LogP contribution in [0.5, 0.6) is 0 Å². The first-order valence-corrected chi connectivity index (χ1v) is 8.19. The molecule has 1 amide bonds. The van der Waals surface area contributed by atoms with Crippen LogP contribution in [0, 0.1) is 5.92 Å². The highest BCUT2D eigenvalue weighted by molar-refractivity contribution is 9.09. The summed E-state index contributed by atoms with van der Waals surface area (Å²) < 4.78 is 0. The summed E-state index contributed by atoms with van der Waals surface area (Å²) in [7, 11) is 0. The van der Waals surface area contributed by atoms with Crippen LogP contribution in [0.4, 0.5) is 0 Å². The van der Waals surface area contributed by atoms with Crippen LogP contribution in [0.25, 0.3) is 0 Å². The van der Waals surface area contributed by atoms with Crippen LogP contribution >= 0.6 is 15.9 Å². The van der Waals surface area contributed by atoms with E-state index in [1.807, 2.05) is 0 Å². The van der Waals surface area contributed by atoms with Gasteiger partial charge in [0.15, 0.2) is 0 Å². The van der Waals surface area contributed by atoms with E-state index < -0.39 is 0 Å². The van der Waals surface area contributed by atoms with E-state index in [4.69, 9.17) is 0 Å². The monoisotopic (exact) mass is 303 g/mol. The van der Waals surface area contributed by atoms with Crippen molar-refractivity contribution in [3.8, 4) is 0 Å². The van der Waals surface area contributed by atoms with Gasteiger partial charge in [-0.05, 0) is 19.3 Å². The summed E-state index contributed by atoms with van der Waals surface area (Å²) in [4.78, 5) is 14.6. The Labute approximate surface area is 114 Å².